The van der Waals surface area contributed by atoms with Crippen LogP contribution in [0.15, 0.2) is 48.5 Å². The highest BCUT2D eigenvalue weighted by Gasteiger charge is 2.20. The van der Waals surface area contributed by atoms with Crippen LogP contribution in [-0.4, -0.2) is 5.97 Å². The first kappa shape index (κ1) is 12.7. The predicted molar refractivity (Wildman–Crippen MR) is 80.0 cm³/mol. The van der Waals surface area contributed by atoms with Crippen molar-refractivity contribution in [2.45, 2.75) is 19.4 Å². The number of carbonyl (C=O) groups excluding carboxylic acids is 1. The fourth-order valence-electron chi connectivity index (χ4n) is 2.63. The molecule has 0 bridgehead atoms. The molecule has 0 heterocycles. The number of rotatable bonds is 1. The maximum absolute atomic E-state index is 11.4. The minimum Gasteiger partial charge on any atom is -0.457 e. The summed E-state index contributed by atoms with van der Waals surface area (Å²) in [6, 6.07) is 16.3. The number of ether oxygens (including phenoxy) is 1. The lowest BCUT2D eigenvalue weighted by Gasteiger charge is -2.22. The topological polar surface area (TPSA) is 26.3 Å². The van der Waals surface area contributed by atoms with Gasteiger partial charge >= 0.3 is 5.97 Å². The Balaban J connectivity index is 2.11. The van der Waals surface area contributed by atoms with E-state index in [2.05, 4.69) is 30.4 Å². The Hall–Kier alpha value is -2.35. The summed E-state index contributed by atoms with van der Waals surface area (Å²) in [6.45, 7) is 1.46. The molecule has 0 fully saturated rings. The maximum atomic E-state index is 11.4. The van der Waals surface area contributed by atoms with E-state index < -0.39 is 0 Å². The quantitative estimate of drug-likeness (QED) is 0.727. The Bertz CT molecular complexity index is 671. The largest absolute Gasteiger partial charge is 0.457 e. The highest BCUT2D eigenvalue weighted by atomic mass is 16.5. The number of hydrogen-bond acceptors (Lipinski definition) is 2. The van der Waals surface area contributed by atoms with Crippen LogP contribution in [0.3, 0.4) is 0 Å². The highest BCUT2D eigenvalue weighted by Crippen LogP contribution is 2.31. The van der Waals surface area contributed by atoms with Crippen molar-refractivity contribution in [3.8, 4) is 0 Å². The summed E-state index contributed by atoms with van der Waals surface area (Å²) in [5, 5.41) is 0. The van der Waals surface area contributed by atoms with Gasteiger partial charge < -0.3 is 4.74 Å². The minimum absolute atomic E-state index is 0.227. The van der Waals surface area contributed by atoms with Crippen molar-refractivity contribution in [3.05, 3.63) is 70.8 Å². The van der Waals surface area contributed by atoms with E-state index in [-0.39, 0.29) is 12.1 Å². The zero-order valence-electron chi connectivity index (χ0n) is 11.4. The van der Waals surface area contributed by atoms with Crippen LogP contribution in [0.25, 0.3) is 12.2 Å². The average Bonchev–Trinajstić information content (AvgIpc) is 2.43. The third kappa shape index (κ3) is 2.50. The van der Waals surface area contributed by atoms with Crippen LogP contribution >= 0.6 is 0 Å². The zero-order valence-corrected chi connectivity index (χ0v) is 11.4. The number of carbonyl (C=O) groups is 1. The first-order valence-corrected chi connectivity index (χ1v) is 6.76. The van der Waals surface area contributed by atoms with Crippen LogP contribution in [-0.2, 0) is 16.0 Å². The monoisotopic (exact) mass is 264 g/mol. The number of hydrogen-bond donors (Lipinski definition) is 0. The third-order valence-corrected chi connectivity index (χ3v) is 3.55. The van der Waals surface area contributed by atoms with E-state index in [9.17, 15) is 4.79 Å². The van der Waals surface area contributed by atoms with Gasteiger partial charge in [-0.3, -0.25) is 4.79 Å². The van der Waals surface area contributed by atoms with Gasteiger partial charge in [0.2, 0.25) is 0 Å². The fourth-order valence-corrected chi connectivity index (χ4v) is 2.63. The highest BCUT2D eigenvalue weighted by molar-refractivity contribution is 5.74. The van der Waals surface area contributed by atoms with Gasteiger partial charge in [-0.1, -0.05) is 60.7 Å². The van der Waals surface area contributed by atoms with Gasteiger partial charge in [0.1, 0.15) is 6.10 Å². The normalized spacial score (nSPS) is 16.6. The molecule has 1 unspecified atom stereocenters. The molecule has 1 aliphatic carbocycles. The van der Waals surface area contributed by atoms with Crippen LogP contribution in [0, 0.1) is 0 Å². The van der Waals surface area contributed by atoms with E-state index in [1.807, 2.05) is 30.3 Å². The lowest BCUT2D eigenvalue weighted by molar-refractivity contribution is -0.146. The summed E-state index contributed by atoms with van der Waals surface area (Å²) >= 11 is 0. The van der Waals surface area contributed by atoms with Crippen LogP contribution < -0.4 is 0 Å². The lowest BCUT2D eigenvalue weighted by atomic mass is 9.91. The molecule has 20 heavy (non-hydrogen) atoms. The smallest absolute Gasteiger partial charge is 0.303 e. The van der Waals surface area contributed by atoms with E-state index in [0.29, 0.717) is 6.42 Å². The molecule has 0 spiro atoms. The van der Waals surface area contributed by atoms with Crippen LogP contribution in [0.1, 0.15) is 35.3 Å². The molecular weight excluding hydrogens is 248 g/mol. The molecule has 1 aliphatic rings. The number of esters is 1. The molecule has 2 aromatic carbocycles. The molecule has 0 saturated carbocycles. The second-order valence-corrected chi connectivity index (χ2v) is 4.96. The van der Waals surface area contributed by atoms with Gasteiger partial charge in [0, 0.05) is 13.3 Å². The van der Waals surface area contributed by atoms with Crippen molar-refractivity contribution >= 4 is 18.1 Å². The Morgan fingerprint density at radius 2 is 1.65 bits per heavy atom. The second kappa shape index (κ2) is 5.33. The molecule has 1 atom stereocenters. The first-order chi connectivity index (χ1) is 9.74. The van der Waals surface area contributed by atoms with Crippen molar-refractivity contribution < 1.29 is 9.53 Å². The number of fused-ring (bicyclic) bond motifs is 2. The van der Waals surface area contributed by atoms with Gasteiger partial charge in [0.25, 0.3) is 0 Å². The summed E-state index contributed by atoms with van der Waals surface area (Å²) in [5.74, 6) is -0.244. The Kier molecular flexibility index (Phi) is 3.38. The van der Waals surface area contributed by atoms with Crippen LogP contribution in [0.4, 0.5) is 0 Å². The van der Waals surface area contributed by atoms with Gasteiger partial charge in [-0.05, 0) is 22.3 Å². The summed E-state index contributed by atoms with van der Waals surface area (Å²) in [7, 11) is 0. The van der Waals surface area contributed by atoms with E-state index >= 15 is 0 Å². The van der Waals surface area contributed by atoms with Crippen molar-refractivity contribution in [2.24, 2.45) is 0 Å². The Labute approximate surface area is 118 Å². The van der Waals surface area contributed by atoms with E-state index in [4.69, 9.17) is 4.74 Å². The predicted octanol–water partition coefficient (Wildman–Crippen LogP) is 4.02. The SMILES string of the molecule is CC(=O)OC1Cc2ccccc2C=Cc2ccccc21. The summed E-state index contributed by atoms with van der Waals surface area (Å²) in [6.07, 6.45) is 4.69. The molecule has 0 amide bonds. The minimum atomic E-state index is -0.244. The van der Waals surface area contributed by atoms with Crippen molar-refractivity contribution in [3.63, 3.8) is 0 Å². The molecule has 2 aromatic rings. The number of benzene rings is 2. The van der Waals surface area contributed by atoms with Crippen LogP contribution in [0.2, 0.25) is 0 Å². The Morgan fingerprint density at radius 3 is 2.45 bits per heavy atom. The van der Waals surface area contributed by atoms with Gasteiger partial charge in [-0.2, -0.15) is 0 Å². The van der Waals surface area contributed by atoms with E-state index in [1.54, 1.807) is 0 Å². The average molecular weight is 264 g/mol. The lowest BCUT2D eigenvalue weighted by Crippen LogP contribution is -2.14. The molecule has 0 radical (unpaired) electrons. The molecule has 2 heteroatoms. The molecule has 100 valence electrons. The van der Waals surface area contributed by atoms with Crippen LogP contribution in [0.5, 0.6) is 0 Å². The molecule has 0 aliphatic heterocycles. The standard InChI is InChI=1S/C18H16O2/c1-13(19)20-18-12-16-8-3-2-6-14(16)10-11-15-7-4-5-9-17(15)18/h2-11,18H,12H2,1H3. The van der Waals surface area contributed by atoms with E-state index in [0.717, 1.165) is 11.1 Å². The molecule has 3 rings (SSSR count). The first-order valence-electron chi connectivity index (χ1n) is 6.76. The van der Waals surface area contributed by atoms with Crippen molar-refractivity contribution in [1.29, 1.82) is 0 Å². The van der Waals surface area contributed by atoms with E-state index in [1.165, 1.54) is 18.1 Å². The Morgan fingerprint density at radius 1 is 1.00 bits per heavy atom. The summed E-state index contributed by atoms with van der Waals surface area (Å²) in [5.41, 5.74) is 4.55. The summed E-state index contributed by atoms with van der Waals surface area (Å²) in [4.78, 5) is 11.4. The molecular formula is C18H16O2. The molecule has 0 N–H and O–H groups in total. The molecule has 0 saturated heterocycles. The fraction of sp³-hybridized carbons (Fsp3) is 0.167. The maximum Gasteiger partial charge on any atom is 0.303 e. The molecule has 2 nitrogen and oxygen atoms in total. The van der Waals surface area contributed by atoms with Crippen molar-refractivity contribution in [1.82, 2.24) is 0 Å². The third-order valence-electron chi connectivity index (χ3n) is 3.55. The second-order valence-electron chi connectivity index (χ2n) is 4.96. The molecule has 0 aromatic heterocycles. The zero-order chi connectivity index (χ0) is 13.9. The van der Waals surface area contributed by atoms with Gasteiger partial charge in [-0.25, -0.2) is 0 Å². The van der Waals surface area contributed by atoms with Gasteiger partial charge in [-0.15, -0.1) is 0 Å². The van der Waals surface area contributed by atoms with Gasteiger partial charge in [0.15, 0.2) is 0 Å². The van der Waals surface area contributed by atoms with Gasteiger partial charge in [0.05, 0.1) is 0 Å². The summed E-state index contributed by atoms with van der Waals surface area (Å²) < 4.78 is 5.54. The van der Waals surface area contributed by atoms with Crippen molar-refractivity contribution in [2.75, 3.05) is 0 Å².